The molecule has 1 heterocycles. The van der Waals surface area contributed by atoms with Crippen LogP contribution in [0.4, 0.5) is 0 Å². The summed E-state index contributed by atoms with van der Waals surface area (Å²) in [5, 5.41) is 0.0726. The summed E-state index contributed by atoms with van der Waals surface area (Å²) in [6, 6.07) is 6.45. The van der Waals surface area contributed by atoms with Crippen LogP contribution >= 0.6 is 12.6 Å². The van der Waals surface area contributed by atoms with E-state index in [1.807, 2.05) is 6.92 Å². The molecule has 4 heteroatoms. The minimum absolute atomic E-state index is 0.0726. The van der Waals surface area contributed by atoms with E-state index >= 15 is 0 Å². The smallest absolute Gasteiger partial charge is 0.123 e. The molecule has 0 saturated carbocycles. The van der Waals surface area contributed by atoms with Crippen molar-refractivity contribution >= 4 is 23.4 Å². The molecule has 1 aromatic carbocycles. The molecule has 0 radical (unpaired) electrons. The topological polar surface area (TPSA) is 26.3 Å². The van der Waals surface area contributed by atoms with Crippen molar-refractivity contribution in [2.75, 3.05) is 11.7 Å². The average Bonchev–Trinajstić information content (AvgIpc) is 2.48. The van der Waals surface area contributed by atoms with Crippen molar-refractivity contribution in [2.24, 2.45) is 0 Å². The van der Waals surface area contributed by atoms with Crippen molar-refractivity contribution in [3.05, 3.63) is 34.9 Å². The second kappa shape index (κ2) is 6.03. The number of rotatable bonds is 3. The van der Waals surface area contributed by atoms with E-state index in [1.165, 1.54) is 16.7 Å². The van der Waals surface area contributed by atoms with E-state index in [0.717, 1.165) is 18.6 Å². The molecule has 1 aliphatic rings. The van der Waals surface area contributed by atoms with Gasteiger partial charge in [0.25, 0.3) is 0 Å². The van der Waals surface area contributed by atoms with Gasteiger partial charge in [0.15, 0.2) is 0 Å². The molecule has 2 atom stereocenters. The van der Waals surface area contributed by atoms with Crippen LogP contribution in [0.2, 0.25) is 0 Å². The first kappa shape index (κ1) is 13.1. The van der Waals surface area contributed by atoms with E-state index in [9.17, 15) is 4.21 Å². The van der Waals surface area contributed by atoms with Gasteiger partial charge in [-0.1, -0.05) is 18.2 Å². The van der Waals surface area contributed by atoms with Crippen LogP contribution in [0.5, 0.6) is 0 Å². The molecule has 0 aromatic heterocycles. The molecule has 0 bridgehead atoms. The van der Waals surface area contributed by atoms with E-state index < -0.39 is 10.8 Å². The van der Waals surface area contributed by atoms with Crippen molar-refractivity contribution in [2.45, 2.75) is 31.6 Å². The van der Waals surface area contributed by atoms with Crippen LogP contribution in [-0.2, 0) is 28.6 Å². The summed E-state index contributed by atoms with van der Waals surface area (Å²) in [4.78, 5) is 0. The van der Waals surface area contributed by atoms with Crippen molar-refractivity contribution in [1.82, 2.24) is 0 Å². The highest BCUT2D eigenvalue weighted by atomic mass is 32.2. The van der Waals surface area contributed by atoms with Crippen LogP contribution in [0.1, 0.15) is 35.3 Å². The predicted octanol–water partition coefficient (Wildman–Crippen LogP) is 2.85. The Bertz CT molecular complexity index is 418. The van der Waals surface area contributed by atoms with Gasteiger partial charge in [-0.15, -0.1) is 0 Å². The first-order chi connectivity index (χ1) is 8.22. The van der Waals surface area contributed by atoms with Gasteiger partial charge in [0, 0.05) is 0 Å². The third-order valence-corrected chi connectivity index (χ3v) is 4.88. The van der Waals surface area contributed by atoms with Gasteiger partial charge >= 0.3 is 0 Å². The zero-order chi connectivity index (χ0) is 12.3. The summed E-state index contributed by atoms with van der Waals surface area (Å²) in [6.07, 6.45) is 2.12. The molecule has 1 aliphatic heterocycles. The number of hydrogen-bond acceptors (Lipinski definition) is 3. The van der Waals surface area contributed by atoms with E-state index in [2.05, 4.69) is 30.8 Å². The summed E-state index contributed by atoms with van der Waals surface area (Å²) in [7, 11) is -0.915. The van der Waals surface area contributed by atoms with Gasteiger partial charge in [0.1, 0.15) is 5.94 Å². The van der Waals surface area contributed by atoms with Crippen LogP contribution in [-0.4, -0.2) is 15.9 Å². The quantitative estimate of drug-likeness (QED) is 0.855. The average molecular weight is 270 g/mol. The van der Waals surface area contributed by atoms with Crippen LogP contribution < -0.4 is 0 Å². The van der Waals surface area contributed by atoms with Crippen LogP contribution in [0.3, 0.4) is 0 Å². The molecule has 2 nitrogen and oxygen atoms in total. The van der Waals surface area contributed by atoms with Gasteiger partial charge in [0.05, 0.1) is 22.7 Å². The van der Waals surface area contributed by atoms with Gasteiger partial charge in [0.2, 0.25) is 0 Å². The molecule has 0 amide bonds. The maximum Gasteiger partial charge on any atom is 0.123 e. The number of ether oxygens (including phenoxy) is 1. The minimum Gasteiger partial charge on any atom is -0.364 e. The molecule has 0 spiro atoms. The lowest BCUT2D eigenvalue weighted by molar-refractivity contribution is 0.168. The van der Waals surface area contributed by atoms with E-state index in [4.69, 9.17) is 4.74 Å². The zero-order valence-corrected chi connectivity index (χ0v) is 11.7. The lowest BCUT2D eigenvalue weighted by Gasteiger charge is -2.12. The summed E-state index contributed by atoms with van der Waals surface area (Å²) >= 11 is 4.23. The highest BCUT2D eigenvalue weighted by Crippen LogP contribution is 2.28. The molecule has 2 unspecified atom stereocenters. The molecule has 17 heavy (non-hydrogen) atoms. The molecule has 0 saturated heterocycles. The minimum atomic E-state index is -0.915. The van der Waals surface area contributed by atoms with E-state index in [-0.39, 0.29) is 5.25 Å². The summed E-state index contributed by atoms with van der Waals surface area (Å²) < 4.78 is 17.3. The molecule has 94 valence electrons. The Labute approximate surface area is 111 Å². The Morgan fingerprint density at radius 2 is 2.35 bits per heavy atom. The molecular formula is C13H18O2S2. The number of benzene rings is 1. The Morgan fingerprint density at radius 1 is 1.53 bits per heavy atom. The van der Waals surface area contributed by atoms with Crippen molar-refractivity contribution < 1.29 is 8.95 Å². The van der Waals surface area contributed by atoms with Gasteiger partial charge in [-0.3, -0.25) is 4.21 Å². The maximum atomic E-state index is 11.9. The highest BCUT2D eigenvalue weighted by Gasteiger charge is 2.21. The summed E-state index contributed by atoms with van der Waals surface area (Å²) in [6.45, 7) is 2.60. The summed E-state index contributed by atoms with van der Waals surface area (Å²) in [5.41, 5.74) is 3.68. The largest absolute Gasteiger partial charge is 0.364 e. The van der Waals surface area contributed by atoms with E-state index in [1.54, 1.807) is 0 Å². The van der Waals surface area contributed by atoms with Crippen LogP contribution in [0.25, 0.3) is 0 Å². The molecule has 0 fully saturated rings. The van der Waals surface area contributed by atoms with Crippen molar-refractivity contribution in [3.8, 4) is 0 Å². The number of hydrogen-bond donors (Lipinski definition) is 1. The van der Waals surface area contributed by atoms with Crippen LogP contribution in [0, 0.1) is 0 Å². The highest BCUT2D eigenvalue weighted by molar-refractivity contribution is 7.85. The monoisotopic (exact) mass is 270 g/mol. The maximum absolute atomic E-state index is 11.9. The second-order valence-electron chi connectivity index (χ2n) is 4.35. The molecule has 2 rings (SSSR count). The Kier molecular flexibility index (Phi) is 4.65. The first-order valence-corrected chi connectivity index (χ1v) is 7.91. The van der Waals surface area contributed by atoms with Gasteiger partial charge in [-0.25, -0.2) is 0 Å². The Morgan fingerprint density at radius 3 is 3.12 bits per heavy atom. The van der Waals surface area contributed by atoms with E-state index in [0.29, 0.717) is 12.5 Å². The SMILES string of the molecule is CC1c2cc(CCCS)ccc2COCS1=O. The third-order valence-electron chi connectivity index (χ3n) is 3.12. The fourth-order valence-corrected chi connectivity index (χ4v) is 3.18. The molecule has 0 N–H and O–H groups in total. The second-order valence-corrected chi connectivity index (χ2v) is 6.50. The zero-order valence-electron chi connectivity index (χ0n) is 10.0. The fourth-order valence-electron chi connectivity index (χ4n) is 2.07. The predicted molar refractivity (Wildman–Crippen MR) is 74.8 cm³/mol. The van der Waals surface area contributed by atoms with Gasteiger partial charge in [-0.2, -0.15) is 12.6 Å². The fraction of sp³-hybridized carbons (Fsp3) is 0.538. The Balaban J connectivity index is 2.28. The first-order valence-electron chi connectivity index (χ1n) is 5.90. The standard InChI is InChI=1S/C13H18O2S2/c1-10-13-7-11(3-2-6-16)4-5-12(13)8-15-9-17(10)14/h4-5,7,10,16H,2-3,6,8-9H2,1H3. The van der Waals surface area contributed by atoms with Gasteiger partial charge in [-0.05, 0) is 42.2 Å². The van der Waals surface area contributed by atoms with Crippen molar-refractivity contribution in [3.63, 3.8) is 0 Å². The number of aryl methyl sites for hydroxylation is 1. The number of fused-ring (bicyclic) bond motifs is 1. The number of thiol groups is 1. The summed E-state index contributed by atoms with van der Waals surface area (Å²) in [5.74, 6) is 1.25. The lowest BCUT2D eigenvalue weighted by atomic mass is 10.00. The third kappa shape index (κ3) is 3.12. The Hall–Kier alpha value is -0.320. The lowest BCUT2D eigenvalue weighted by Crippen LogP contribution is -2.05. The molecular weight excluding hydrogens is 252 g/mol. The molecule has 0 aliphatic carbocycles. The van der Waals surface area contributed by atoms with Crippen molar-refractivity contribution in [1.29, 1.82) is 0 Å². The molecule has 1 aromatic rings. The normalized spacial score (nSPS) is 24.1. The van der Waals surface area contributed by atoms with Gasteiger partial charge < -0.3 is 4.74 Å². The van der Waals surface area contributed by atoms with Crippen LogP contribution in [0.15, 0.2) is 18.2 Å².